The van der Waals surface area contributed by atoms with E-state index in [-0.39, 0.29) is 23.1 Å². The molecule has 0 aliphatic carbocycles. The van der Waals surface area contributed by atoms with Crippen molar-refractivity contribution in [2.24, 2.45) is 5.92 Å². The van der Waals surface area contributed by atoms with Crippen molar-refractivity contribution in [1.82, 2.24) is 9.21 Å². The Hall–Kier alpha value is -2.38. The van der Waals surface area contributed by atoms with Gasteiger partial charge in [-0.2, -0.15) is 4.31 Å². The molecule has 1 heterocycles. The van der Waals surface area contributed by atoms with Crippen molar-refractivity contribution in [2.45, 2.75) is 31.2 Å². The molecule has 1 unspecified atom stereocenters. The van der Waals surface area contributed by atoms with Crippen molar-refractivity contribution >= 4 is 15.9 Å². The Morgan fingerprint density at radius 1 is 1.21 bits per heavy atom. The van der Waals surface area contributed by atoms with Crippen molar-refractivity contribution in [3.05, 3.63) is 59.7 Å². The number of benzene rings is 2. The number of rotatable bonds is 6. The molecule has 6 nitrogen and oxygen atoms in total. The minimum atomic E-state index is -3.84. The van der Waals surface area contributed by atoms with Gasteiger partial charge in [0.15, 0.2) is 0 Å². The summed E-state index contributed by atoms with van der Waals surface area (Å²) >= 11 is 0. The highest BCUT2D eigenvalue weighted by atomic mass is 32.2. The molecule has 1 saturated heterocycles. The van der Waals surface area contributed by atoms with Crippen LogP contribution in [0.2, 0.25) is 0 Å². The summed E-state index contributed by atoms with van der Waals surface area (Å²) in [6.07, 6.45) is 2.07. The normalized spacial score (nSPS) is 17.4. The number of ether oxygens (including phenoxy) is 1. The van der Waals surface area contributed by atoms with Crippen LogP contribution < -0.4 is 4.74 Å². The van der Waals surface area contributed by atoms with E-state index in [0.717, 1.165) is 18.4 Å². The van der Waals surface area contributed by atoms with Crippen molar-refractivity contribution in [1.29, 1.82) is 0 Å². The van der Waals surface area contributed by atoms with Gasteiger partial charge in [-0.25, -0.2) is 8.42 Å². The Morgan fingerprint density at radius 3 is 2.59 bits per heavy atom. The van der Waals surface area contributed by atoms with E-state index in [1.165, 1.54) is 24.5 Å². The van der Waals surface area contributed by atoms with E-state index < -0.39 is 10.0 Å². The number of piperidine rings is 1. The lowest BCUT2D eigenvalue weighted by atomic mass is 9.99. The number of hydrogen-bond acceptors (Lipinski definition) is 4. The van der Waals surface area contributed by atoms with Crippen molar-refractivity contribution in [3.63, 3.8) is 0 Å². The van der Waals surface area contributed by atoms with E-state index in [9.17, 15) is 13.2 Å². The first-order valence-electron chi connectivity index (χ1n) is 9.80. The van der Waals surface area contributed by atoms with Crippen LogP contribution in [-0.4, -0.2) is 50.8 Å². The van der Waals surface area contributed by atoms with E-state index in [4.69, 9.17) is 4.74 Å². The summed E-state index contributed by atoms with van der Waals surface area (Å²) in [6.45, 7) is 3.75. The summed E-state index contributed by atoms with van der Waals surface area (Å²) in [5.74, 6) is 0.543. The monoisotopic (exact) mass is 416 g/mol. The van der Waals surface area contributed by atoms with Crippen LogP contribution in [0.1, 0.15) is 35.7 Å². The highest BCUT2D eigenvalue weighted by Crippen LogP contribution is 2.29. The maximum absolute atomic E-state index is 13.2. The molecule has 0 bridgehead atoms. The molecule has 1 amide bonds. The number of carbonyl (C=O) groups excluding carboxylic acids is 1. The minimum absolute atomic E-state index is 0.00865. The van der Waals surface area contributed by atoms with Crippen molar-refractivity contribution in [2.75, 3.05) is 27.2 Å². The molecular weight excluding hydrogens is 388 g/mol. The van der Waals surface area contributed by atoms with Gasteiger partial charge >= 0.3 is 0 Å². The van der Waals surface area contributed by atoms with Gasteiger partial charge in [0.25, 0.3) is 5.91 Å². The zero-order valence-corrected chi connectivity index (χ0v) is 18.0. The molecule has 156 valence electrons. The van der Waals surface area contributed by atoms with Gasteiger partial charge in [-0.15, -0.1) is 0 Å². The van der Waals surface area contributed by atoms with E-state index in [0.29, 0.717) is 24.6 Å². The molecule has 1 aliphatic heterocycles. The largest absolute Gasteiger partial charge is 0.495 e. The number of sulfonamides is 1. The molecule has 0 spiro atoms. The molecule has 0 saturated carbocycles. The Labute approximate surface area is 173 Å². The average molecular weight is 417 g/mol. The summed E-state index contributed by atoms with van der Waals surface area (Å²) in [5.41, 5.74) is 1.25. The molecule has 29 heavy (non-hydrogen) atoms. The van der Waals surface area contributed by atoms with Crippen LogP contribution in [-0.2, 0) is 16.6 Å². The van der Waals surface area contributed by atoms with Crippen molar-refractivity contribution in [3.8, 4) is 5.75 Å². The lowest BCUT2D eigenvalue weighted by Gasteiger charge is -2.31. The highest BCUT2D eigenvalue weighted by Gasteiger charge is 2.28. The van der Waals surface area contributed by atoms with Gasteiger partial charge in [-0.05, 0) is 42.5 Å². The van der Waals surface area contributed by atoms with Crippen LogP contribution in [0.4, 0.5) is 0 Å². The molecule has 1 atom stereocenters. The molecule has 1 aliphatic rings. The topological polar surface area (TPSA) is 66.9 Å². The minimum Gasteiger partial charge on any atom is -0.495 e. The van der Waals surface area contributed by atoms with Gasteiger partial charge in [-0.3, -0.25) is 4.79 Å². The Bertz CT molecular complexity index is 960. The van der Waals surface area contributed by atoms with Crippen LogP contribution >= 0.6 is 0 Å². The van der Waals surface area contributed by atoms with Gasteiger partial charge in [0.1, 0.15) is 10.6 Å². The molecule has 0 aromatic heterocycles. The number of amides is 1. The first kappa shape index (κ1) is 21.3. The quantitative estimate of drug-likeness (QED) is 0.724. The summed E-state index contributed by atoms with van der Waals surface area (Å²) in [5, 5.41) is 0. The van der Waals surface area contributed by atoms with Crippen molar-refractivity contribution < 1.29 is 17.9 Å². The first-order valence-corrected chi connectivity index (χ1v) is 11.2. The third-order valence-electron chi connectivity index (χ3n) is 5.29. The fourth-order valence-electron chi connectivity index (χ4n) is 3.66. The Morgan fingerprint density at radius 2 is 1.93 bits per heavy atom. The van der Waals surface area contributed by atoms with E-state index in [1.54, 1.807) is 17.0 Å². The van der Waals surface area contributed by atoms with E-state index >= 15 is 0 Å². The molecule has 2 aromatic rings. The zero-order valence-electron chi connectivity index (χ0n) is 17.2. The molecular formula is C22H28N2O4S. The van der Waals surface area contributed by atoms with Gasteiger partial charge in [-0.1, -0.05) is 37.3 Å². The Balaban J connectivity index is 1.90. The van der Waals surface area contributed by atoms with Crippen LogP contribution in [0.5, 0.6) is 5.75 Å². The standard InChI is InChI=1S/C22H28N2O4S/c1-17-8-7-13-24(15-17)22(25)19-11-12-20(28-3)21(14-19)29(26,27)23(2)16-18-9-5-4-6-10-18/h4-6,9-12,14,17H,7-8,13,15-16H2,1-3H3. The fourth-order valence-corrected chi connectivity index (χ4v) is 5.00. The fraction of sp³-hybridized carbons (Fsp3) is 0.409. The SMILES string of the molecule is COc1ccc(C(=O)N2CCCC(C)C2)cc1S(=O)(=O)N(C)Cc1ccccc1. The number of likely N-dealkylation sites (tertiary alicyclic amines) is 1. The second kappa shape index (κ2) is 8.97. The molecule has 0 radical (unpaired) electrons. The Kier molecular flexibility index (Phi) is 6.59. The third-order valence-corrected chi connectivity index (χ3v) is 7.12. The van der Waals surface area contributed by atoms with Gasteiger partial charge in [0.05, 0.1) is 7.11 Å². The van der Waals surface area contributed by atoms with Crippen LogP contribution in [0.3, 0.4) is 0 Å². The lowest BCUT2D eigenvalue weighted by Crippen LogP contribution is -2.39. The second-order valence-corrected chi connectivity index (χ2v) is 9.62. The number of carbonyl (C=O) groups is 1. The van der Waals surface area contributed by atoms with Gasteiger partial charge < -0.3 is 9.64 Å². The highest BCUT2D eigenvalue weighted by molar-refractivity contribution is 7.89. The van der Waals surface area contributed by atoms with Crippen LogP contribution in [0, 0.1) is 5.92 Å². The average Bonchev–Trinajstić information content (AvgIpc) is 2.73. The predicted molar refractivity (Wildman–Crippen MR) is 112 cm³/mol. The maximum atomic E-state index is 13.2. The second-order valence-electron chi connectivity index (χ2n) is 7.61. The zero-order chi connectivity index (χ0) is 21.0. The summed E-state index contributed by atoms with van der Waals surface area (Å²) in [6, 6.07) is 14.0. The molecule has 1 fully saturated rings. The maximum Gasteiger partial charge on any atom is 0.253 e. The molecule has 2 aromatic carbocycles. The van der Waals surface area contributed by atoms with E-state index in [2.05, 4.69) is 6.92 Å². The van der Waals surface area contributed by atoms with E-state index in [1.807, 2.05) is 30.3 Å². The lowest BCUT2D eigenvalue weighted by molar-refractivity contribution is 0.0682. The van der Waals surface area contributed by atoms with Crippen LogP contribution in [0.25, 0.3) is 0 Å². The van der Waals surface area contributed by atoms with Gasteiger partial charge in [0.2, 0.25) is 10.0 Å². The number of hydrogen-bond donors (Lipinski definition) is 0. The molecule has 3 rings (SSSR count). The third kappa shape index (κ3) is 4.79. The molecule has 7 heteroatoms. The molecule has 0 N–H and O–H groups in total. The first-order chi connectivity index (χ1) is 13.8. The smallest absolute Gasteiger partial charge is 0.253 e. The summed E-state index contributed by atoms with van der Waals surface area (Å²) in [4.78, 5) is 14.8. The van der Waals surface area contributed by atoms with Crippen LogP contribution in [0.15, 0.2) is 53.4 Å². The number of methoxy groups -OCH3 is 1. The summed E-state index contributed by atoms with van der Waals surface area (Å²) < 4.78 is 33.1. The summed E-state index contributed by atoms with van der Waals surface area (Å²) in [7, 11) is -0.880. The van der Waals surface area contributed by atoms with Gasteiger partial charge in [0, 0.05) is 32.2 Å². The number of nitrogens with zero attached hydrogens (tertiary/aromatic N) is 2. The predicted octanol–water partition coefficient (Wildman–Crippen LogP) is 3.39.